The van der Waals surface area contributed by atoms with Crippen molar-refractivity contribution in [2.45, 2.75) is 18.9 Å². The number of benzene rings is 1. The van der Waals surface area contributed by atoms with Gasteiger partial charge < -0.3 is 20.2 Å². The highest BCUT2D eigenvalue weighted by Gasteiger charge is 2.45. The number of nitrogens with zero attached hydrogens (tertiary/aromatic N) is 2. The van der Waals surface area contributed by atoms with Gasteiger partial charge in [-0.15, -0.1) is 0 Å². The van der Waals surface area contributed by atoms with Crippen LogP contribution in [0.3, 0.4) is 0 Å². The van der Waals surface area contributed by atoms with Crippen LogP contribution in [0.15, 0.2) is 33.9 Å². The first-order chi connectivity index (χ1) is 12.3. The predicted molar refractivity (Wildman–Crippen MR) is 85.7 cm³/mol. The highest BCUT2D eigenvalue weighted by atomic mass is 19.3. The van der Waals surface area contributed by atoms with E-state index in [4.69, 9.17) is 14.9 Å². The Morgan fingerprint density at radius 3 is 2.85 bits per heavy atom. The average molecular weight is 368 g/mol. The van der Waals surface area contributed by atoms with Crippen molar-refractivity contribution < 1.29 is 27.1 Å². The van der Waals surface area contributed by atoms with Gasteiger partial charge >= 0.3 is 0 Å². The molecule has 7 nitrogen and oxygen atoms in total. The second kappa shape index (κ2) is 6.79. The summed E-state index contributed by atoms with van der Waals surface area (Å²) in [6, 6.07) is 1.19. The number of rotatable bonds is 4. The van der Waals surface area contributed by atoms with Crippen molar-refractivity contribution >= 4 is 17.4 Å². The van der Waals surface area contributed by atoms with Gasteiger partial charge in [-0.1, -0.05) is 0 Å². The molecule has 3 N–H and O–H groups in total. The van der Waals surface area contributed by atoms with Gasteiger partial charge in [0, 0.05) is 12.6 Å². The molecule has 1 amide bonds. The molecule has 0 bridgehead atoms. The first-order valence-corrected chi connectivity index (χ1v) is 7.58. The highest BCUT2D eigenvalue weighted by Crippen LogP contribution is 2.37. The van der Waals surface area contributed by atoms with E-state index in [-0.39, 0.29) is 29.7 Å². The molecule has 26 heavy (non-hydrogen) atoms. The lowest BCUT2D eigenvalue weighted by atomic mass is 10.00. The number of halogens is 3. The number of aliphatic imine (C=N–C) groups is 1. The van der Waals surface area contributed by atoms with E-state index >= 15 is 0 Å². The Labute approximate surface area is 146 Å². The number of hydrogen-bond acceptors (Lipinski definition) is 6. The van der Waals surface area contributed by atoms with Crippen molar-refractivity contribution in [2.75, 3.05) is 18.5 Å². The smallest absolute Gasteiger partial charge is 0.300 e. The number of nitrogens with one attached hydrogen (secondary N) is 1. The topological polar surface area (TPSA) is 103 Å². The van der Waals surface area contributed by atoms with E-state index in [0.717, 1.165) is 24.5 Å². The fourth-order valence-electron chi connectivity index (χ4n) is 2.44. The average Bonchev–Trinajstić information content (AvgIpc) is 3.03. The molecule has 0 saturated carbocycles. The SMILES string of the molecule is Cc1nc(C(=O)Nc2ccc(F)c(C(F)(F)[C@H]3COCC(N)=N3)c2)co1. The number of carbonyl (C=O) groups excluding carboxylic acids is 1. The van der Waals surface area contributed by atoms with Gasteiger partial charge in [-0.3, -0.25) is 9.79 Å². The maximum Gasteiger partial charge on any atom is 0.300 e. The molecule has 0 unspecified atom stereocenters. The van der Waals surface area contributed by atoms with Gasteiger partial charge in [-0.05, 0) is 18.2 Å². The standard InChI is InChI=1S/C16H15F3N4O3/c1-8-21-12(5-26-8)15(24)22-9-2-3-11(17)10(4-9)16(18,19)13-6-25-7-14(20)23-13/h2-5,13H,6-7H2,1H3,(H2,20,23)(H,22,24)/t13-/m1/s1. The van der Waals surface area contributed by atoms with Crippen LogP contribution in [0.25, 0.3) is 0 Å². The van der Waals surface area contributed by atoms with Crippen LogP contribution in [-0.2, 0) is 10.7 Å². The molecule has 1 aliphatic heterocycles. The maximum atomic E-state index is 14.7. The molecule has 10 heteroatoms. The molecule has 0 aliphatic carbocycles. The number of oxazole rings is 1. The van der Waals surface area contributed by atoms with Crippen molar-refractivity contribution in [1.29, 1.82) is 0 Å². The normalized spacial score (nSPS) is 17.7. The third kappa shape index (κ3) is 3.54. The van der Waals surface area contributed by atoms with Crippen LogP contribution in [0.1, 0.15) is 21.9 Å². The summed E-state index contributed by atoms with van der Waals surface area (Å²) in [7, 11) is 0. The van der Waals surface area contributed by atoms with E-state index in [2.05, 4.69) is 15.3 Å². The molecule has 2 heterocycles. The van der Waals surface area contributed by atoms with Gasteiger partial charge in [0.1, 0.15) is 30.6 Å². The molecular formula is C16H15F3N4O3. The number of alkyl halides is 2. The van der Waals surface area contributed by atoms with Gasteiger partial charge in [0.15, 0.2) is 11.6 Å². The molecule has 1 aliphatic rings. The van der Waals surface area contributed by atoms with E-state index in [1.54, 1.807) is 6.92 Å². The van der Waals surface area contributed by atoms with Crippen LogP contribution < -0.4 is 11.1 Å². The molecule has 0 spiro atoms. The summed E-state index contributed by atoms with van der Waals surface area (Å²) in [5.41, 5.74) is 4.45. The first kappa shape index (κ1) is 17.9. The summed E-state index contributed by atoms with van der Waals surface area (Å²) in [5, 5.41) is 2.37. The minimum absolute atomic E-state index is 0.0274. The number of hydrogen-bond donors (Lipinski definition) is 2. The molecule has 1 atom stereocenters. The van der Waals surface area contributed by atoms with Crippen LogP contribution in [0.2, 0.25) is 0 Å². The summed E-state index contributed by atoms with van der Waals surface area (Å²) in [5.74, 6) is -5.31. The zero-order valence-corrected chi connectivity index (χ0v) is 13.6. The number of amidine groups is 1. The summed E-state index contributed by atoms with van der Waals surface area (Å²) in [4.78, 5) is 19.5. The zero-order chi connectivity index (χ0) is 18.9. The minimum Gasteiger partial charge on any atom is -0.448 e. The van der Waals surface area contributed by atoms with Gasteiger partial charge in [0.2, 0.25) is 0 Å². The first-order valence-electron chi connectivity index (χ1n) is 7.58. The van der Waals surface area contributed by atoms with Gasteiger partial charge in [0.25, 0.3) is 11.8 Å². The summed E-state index contributed by atoms with van der Waals surface area (Å²) >= 11 is 0. The van der Waals surface area contributed by atoms with Gasteiger partial charge in [-0.25, -0.2) is 9.37 Å². The summed E-state index contributed by atoms with van der Waals surface area (Å²) < 4.78 is 53.3. The molecule has 0 fully saturated rings. The fraction of sp³-hybridized carbons (Fsp3) is 0.312. The lowest BCUT2D eigenvalue weighted by molar-refractivity contribution is -0.0605. The highest BCUT2D eigenvalue weighted by molar-refractivity contribution is 6.02. The van der Waals surface area contributed by atoms with Crippen LogP contribution in [-0.4, -0.2) is 36.0 Å². The van der Waals surface area contributed by atoms with Gasteiger partial charge in [0.05, 0.1) is 12.2 Å². The van der Waals surface area contributed by atoms with Crippen LogP contribution in [0.4, 0.5) is 18.9 Å². The number of ether oxygens (including phenoxy) is 1. The van der Waals surface area contributed by atoms with Crippen LogP contribution in [0, 0.1) is 12.7 Å². The minimum atomic E-state index is -3.68. The molecule has 0 radical (unpaired) electrons. The van der Waals surface area contributed by atoms with E-state index in [1.807, 2.05) is 0 Å². The van der Waals surface area contributed by atoms with E-state index in [0.29, 0.717) is 0 Å². The number of aromatic nitrogens is 1. The van der Waals surface area contributed by atoms with E-state index in [9.17, 15) is 18.0 Å². The predicted octanol–water partition coefficient (Wildman–Crippen LogP) is 2.22. The monoisotopic (exact) mass is 368 g/mol. The number of aryl methyl sites for hydroxylation is 1. The van der Waals surface area contributed by atoms with E-state index in [1.165, 1.54) is 0 Å². The van der Waals surface area contributed by atoms with Crippen LogP contribution in [0.5, 0.6) is 0 Å². The fourth-order valence-corrected chi connectivity index (χ4v) is 2.44. The second-order valence-corrected chi connectivity index (χ2v) is 5.67. The summed E-state index contributed by atoms with van der Waals surface area (Å²) in [6.45, 7) is 1.09. The lowest BCUT2D eigenvalue weighted by Crippen LogP contribution is -2.41. The molecular weight excluding hydrogens is 353 g/mol. The Bertz CT molecular complexity index is 866. The van der Waals surface area contributed by atoms with Crippen molar-refractivity contribution in [2.24, 2.45) is 10.7 Å². The molecule has 2 aromatic rings. The van der Waals surface area contributed by atoms with Crippen molar-refractivity contribution in [1.82, 2.24) is 4.98 Å². The molecule has 0 saturated heterocycles. The Hall–Kier alpha value is -2.88. The molecule has 1 aromatic heterocycles. The van der Waals surface area contributed by atoms with Crippen molar-refractivity contribution in [3.8, 4) is 0 Å². The van der Waals surface area contributed by atoms with Gasteiger partial charge in [-0.2, -0.15) is 8.78 Å². The molecule has 3 rings (SSSR count). The Balaban J connectivity index is 1.87. The Morgan fingerprint density at radius 1 is 1.42 bits per heavy atom. The zero-order valence-electron chi connectivity index (χ0n) is 13.6. The number of carbonyl (C=O) groups is 1. The number of amides is 1. The summed E-state index contributed by atoms with van der Waals surface area (Å²) in [6.07, 6.45) is 1.13. The largest absolute Gasteiger partial charge is 0.448 e. The van der Waals surface area contributed by atoms with E-state index < -0.39 is 35.9 Å². The molecule has 1 aromatic carbocycles. The third-order valence-corrected chi connectivity index (χ3v) is 3.70. The quantitative estimate of drug-likeness (QED) is 0.861. The number of nitrogens with two attached hydrogens (primary N) is 1. The lowest BCUT2D eigenvalue weighted by Gasteiger charge is -2.27. The molecule has 138 valence electrons. The van der Waals surface area contributed by atoms with Crippen molar-refractivity contribution in [3.63, 3.8) is 0 Å². The Kier molecular flexibility index (Phi) is 4.68. The van der Waals surface area contributed by atoms with Crippen molar-refractivity contribution in [3.05, 3.63) is 47.4 Å². The second-order valence-electron chi connectivity index (χ2n) is 5.67. The number of anilines is 1. The Morgan fingerprint density at radius 2 is 2.19 bits per heavy atom. The third-order valence-electron chi connectivity index (χ3n) is 3.70. The van der Waals surface area contributed by atoms with Crippen LogP contribution >= 0.6 is 0 Å². The maximum absolute atomic E-state index is 14.7.